The first-order valence-corrected chi connectivity index (χ1v) is 10.6. The number of nitrogens with one attached hydrogen (secondary N) is 1. The number of imidazole rings is 1. The van der Waals surface area contributed by atoms with Gasteiger partial charge in [0.25, 0.3) is 0 Å². The number of aryl methyl sites for hydroxylation is 2. The van der Waals surface area contributed by atoms with Gasteiger partial charge in [0.1, 0.15) is 11.9 Å². The van der Waals surface area contributed by atoms with E-state index < -0.39 is 0 Å². The number of para-hydroxylation sites is 2. The third-order valence-corrected chi connectivity index (χ3v) is 5.32. The van der Waals surface area contributed by atoms with Gasteiger partial charge in [0.05, 0.1) is 11.0 Å². The van der Waals surface area contributed by atoms with E-state index in [1.165, 1.54) is 37.6 Å². The Hall–Kier alpha value is -1.88. The molecule has 1 amide bonds. The van der Waals surface area contributed by atoms with E-state index >= 15 is 0 Å². The summed E-state index contributed by atoms with van der Waals surface area (Å²) in [6.07, 6.45) is 9.76. The Morgan fingerprint density at radius 1 is 1.22 bits per heavy atom. The van der Waals surface area contributed by atoms with E-state index in [0.717, 1.165) is 43.6 Å². The second-order valence-corrected chi connectivity index (χ2v) is 7.48. The Bertz CT molecular complexity index is 719. The molecule has 5 heteroatoms. The Balaban J connectivity index is 1.52. The van der Waals surface area contributed by atoms with Crippen molar-refractivity contribution in [3.05, 3.63) is 30.1 Å². The van der Waals surface area contributed by atoms with Gasteiger partial charge in [-0.2, -0.15) is 0 Å². The van der Waals surface area contributed by atoms with Crippen LogP contribution in [0.4, 0.5) is 0 Å². The van der Waals surface area contributed by atoms with Gasteiger partial charge in [-0.25, -0.2) is 4.98 Å². The maximum atomic E-state index is 12.0. The van der Waals surface area contributed by atoms with Crippen molar-refractivity contribution in [2.45, 2.75) is 77.4 Å². The Labute approximate surface area is 162 Å². The number of carbonyl (C=O) groups is 1. The number of aromatic nitrogens is 2. The number of fused-ring (bicyclic) bond motifs is 1. The van der Waals surface area contributed by atoms with Crippen molar-refractivity contribution in [3.8, 4) is 0 Å². The molecule has 27 heavy (non-hydrogen) atoms. The standard InChI is InChI=1S/C22H33N3O2/c1-2-3-4-5-8-16-25-19-12-7-6-11-18(19)24-21(25)14-9-15-23-22(26)20-13-10-17-27-20/h6-7,11-12,20H,2-5,8-10,13-17H2,1H3,(H,23,26). The van der Waals surface area contributed by atoms with Crippen LogP contribution in [0.1, 0.15) is 64.1 Å². The highest BCUT2D eigenvalue weighted by Gasteiger charge is 2.22. The van der Waals surface area contributed by atoms with Crippen molar-refractivity contribution < 1.29 is 9.53 Å². The molecular formula is C22H33N3O2. The fourth-order valence-corrected chi connectivity index (χ4v) is 3.80. The third-order valence-electron chi connectivity index (χ3n) is 5.32. The Morgan fingerprint density at radius 2 is 2.07 bits per heavy atom. The molecule has 0 saturated carbocycles. The van der Waals surface area contributed by atoms with E-state index in [4.69, 9.17) is 9.72 Å². The van der Waals surface area contributed by atoms with Gasteiger partial charge >= 0.3 is 0 Å². The molecule has 1 atom stereocenters. The lowest BCUT2D eigenvalue weighted by Crippen LogP contribution is -2.34. The van der Waals surface area contributed by atoms with Crippen molar-refractivity contribution in [2.75, 3.05) is 13.2 Å². The van der Waals surface area contributed by atoms with Gasteiger partial charge in [-0.3, -0.25) is 4.79 Å². The van der Waals surface area contributed by atoms with Gasteiger partial charge in [0.2, 0.25) is 5.91 Å². The highest BCUT2D eigenvalue weighted by molar-refractivity contribution is 5.80. The minimum absolute atomic E-state index is 0.0388. The number of unbranched alkanes of at least 4 members (excludes halogenated alkanes) is 4. The lowest BCUT2D eigenvalue weighted by atomic mass is 10.1. The van der Waals surface area contributed by atoms with Crippen LogP contribution in [0.2, 0.25) is 0 Å². The van der Waals surface area contributed by atoms with Crippen LogP contribution >= 0.6 is 0 Å². The van der Waals surface area contributed by atoms with E-state index in [1.807, 2.05) is 6.07 Å². The first-order chi connectivity index (χ1) is 13.3. The lowest BCUT2D eigenvalue weighted by Gasteiger charge is -2.11. The molecule has 3 rings (SSSR count). The van der Waals surface area contributed by atoms with E-state index in [1.54, 1.807) is 0 Å². The average Bonchev–Trinajstić information content (AvgIpc) is 3.33. The monoisotopic (exact) mass is 371 g/mol. The van der Waals surface area contributed by atoms with Gasteiger partial charge in [0, 0.05) is 26.1 Å². The molecule has 1 fully saturated rings. The second-order valence-electron chi connectivity index (χ2n) is 7.48. The van der Waals surface area contributed by atoms with Crippen molar-refractivity contribution in [2.24, 2.45) is 0 Å². The summed E-state index contributed by atoms with van der Waals surface area (Å²) in [5.74, 6) is 1.18. The number of ether oxygens (including phenoxy) is 1. The van der Waals surface area contributed by atoms with Crippen LogP contribution < -0.4 is 5.32 Å². The van der Waals surface area contributed by atoms with Gasteiger partial charge in [0.15, 0.2) is 0 Å². The molecule has 1 aliphatic heterocycles. The second kappa shape index (κ2) is 10.5. The van der Waals surface area contributed by atoms with Crippen LogP contribution in [0.25, 0.3) is 11.0 Å². The topological polar surface area (TPSA) is 56.2 Å². The van der Waals surface area contributed by atoms with Gasteiger partial charge in [-0.05, 0) is 37.8 Å². The fourth-order valence-electron chi connectivity index (χ4n) is 3.80. The van der Waals surface area contributed by atoms with Crippen LogP contribution in [-0.2, 0) is 22.5 Å². The van der Waals surface area contributed by atoms with Gasteiger partial charge < -0.3 is 14.6 Å². The maximum Gasteiger partial charge on any atom is 0.249 e. The van der Waals surface area contributed by atoms with Crippen molar-refractivity contribution in [1.82, 2.24) is 14.9 Å². The predicted molar refractivity (Wildman–Crippen MR) is 109 cm³/mol. The van der Waals surface area contributed by atoms with Gasteiger partial charge in [-0.1, -0.05) is 44.7 Å². The summed E-state index contributed by atoms with van der Waals surface area (Å²) in [7, 11) is 0. The summed E-state index contributed by atoms with van der Waals surface area (Å²) in [5, 5.41) is 3.01. The molecule has 5 nitrogen and oxygen atoms in total. The molecule has 148 valence electrons. The molecule has 0 aliphatic carbocycles. The molecular weight excluding hydrogens is 338 g/mol. The van der Waals surface area contributed by atoms with E-state index in [-0.39, 0.29) is 12.0 Å². The molecule has 0 spiro atoms. The first-order valence-electron chi connectivity index (χ1n) is 10.6. The summed E-state index contributed by atoms with van der Waals surface area (Å²) < 4.78 is 7.81. The van der Waals surface area contributed by atoms with Crippen LogP contribution in [-0.4, -0.2) is 34.7 Å². The summed E-state index contributed by atoms with van der Waals surface area (Å²) in [5.41, 5.74) is 2.30. The number of hydrogen-bond acceptors (Lipinski definition) is 3. The molecule has 1 aromatic carbocycles. The number of hydrogen-bond donors (Lipinski definition) is 1. The Kier molecular flexibility index (Phi) is 7.69. The van der Waals surface area contributed by atoms with Crippen LogP contribution in [0.15, 0.2) is 24.3 Å². The summed E-state index contributed by atoms with van der Waals surface area (Å²) in [6.45, 7) is 4.67. The normalized spacial score (nSPS) is 16.9. The van der Waals surface area contributed by atoms with Crippen LogP contribution in [0, 0.1) is 0 Å². The zero-order valence-corrected chi connectivity index (χ0v) is 16.6. The van der Waals surface area contributed by atoms with Crippen molar-refractivity contribution in [3.63, 3.8) is 0 Å². The third kappa shape index (κ3) is 5.55. The van der Waals surface area contributed by atoms with Crippen LogP contribution in [0.3, 0.4) is 0 Å². The smallest absolute Gasteiger partial charge is 0.249 e. The molecule has 1 aliphatic rings. The quantitative estimate of drug-likeness (QED) is 0.601. The highest BCUT2D eigenvalue weighted by atomic mass is 16.5. The van der Waals surface area contributed by atoms with Gasteiger partial charge in [-0.15, -0.1) is 0 Å². The zero-order chi connectivity index (χ0) is 18.9. The number of benzene rings is 1. The molecule has 2 aromatic rings. The fraction of sp³-hybridized carbons (Fsp3) is 0.636. The average molecular weight is 372 g/mol. The van der Waals surface area contributed by atoms with Crippen molar-refractivity contribution >= 4 is 16.9 Å². The van der Waals surface area contributed by atoms with E-state index in [2.05, 4.69) is 35.0 Å². The zero-order valence-electron chi connectivity index (χ0n) is 16.6. The number of rotatable bonds is 11. The number of nitrogens with zero attached hydrogens (tertiary/aromatic N) is 2. The molecule has 1 N–H and O–H groups in total. The molecule has 1 unspecified atom stereocenters. The molecule has 1 saturated heterocycles. The predicted octanol–water partition coefficient (Wildman–Crippen LogP) is 4.23. The van der Waals surface area contributed by atoms with Crippen LogP contribution in [0.5, 0.6) is 0 Å². The molecule has 0 radical (unpaired) electrons. The van der Waals surface area contributed by atoms with Crippen molar-refractivity contribution in [1.29, 1.82) is 0 Å². The SMILES string of the molecule is CCCCCCCn1c(CCCNC(=O)C2CCCO2)nc2ccccc21. The van der Waals surface area contributed by atoms with E-state index in [0.29, 0.717) is 13.2 Å². The molecule has 0 bridgehead atoms. The summed E-state index contributed by atoms with van der Waals surface area (Å²) >= 11 is 0. The maximum absolute atomic E-state index is 12.0. The number of amides is 1. The summed E-state index contributed by atoms with van der Waals surface area (Å²) in [6, 6.07) is 8.39. The highest BCUT2D eigenvalue weighted by Crippen LogP contribution is 2.19. The molecule has 1 aromatic heterocycles. The molecule has 2 heterocycles. The Morgan fingerprint density at radius 3 is 2.89 bits per heavy atom. The minimum atomic E-state index is -0.238. The summed E-state index contributed by atoms with van der Waals surface area (Å²) in [4.78, 5) is 16.9. The number of carbonyl (C=O) groups excluding carboxylic acids is 1. The first kappa shape index (κ1) is 19.9. The minimum Gasteiger partial charge on any atom is -0.368 e. The largest absolute Gasteiger partial charge is 0.368 e. The lowest BCUT2D eigenvalue weighted by molar-refractivity contribution is -0.130. The van der Waals surface area contributed by atoms with E-state index in [9.17, 15) is 4.79 Å².